The highest BCUT2D eigenvalue weighted by molar-refractivity contribution is 5.96. The Morgan fingerprint density at radius 2 is 1.72 bits per heavy atom. The molecule has 3 heteroatoms. The molecule has 0 saturated heterocycles. The molecule has 0 aliphatic carbocycles. The van der Waals surface area contributed by atoms with Gasteiger partial charge in [-0.05, 0) is 60.7 Å². The van der Waals surface area contributed by atoms with Gasteiger partial charge < -0.3 is 9.64 Å². The molecule has 2 heterocycles. The molecule has 0 spiro atoms. The quantitative estimate of drug-likeness (QED) is 0.428. The van der Waals surface area contributed by atoms with Crippen molar-refractivity contribution >= 4 is 16.6 Å². The Balaban J connectivity index is 1.50. The minimum Gasteiger partial charge on any atom is -0.457 e. The summed E-state index contributed by atoms with van der Waals surface area (Å²) in [6.45, 7) is 4.14. The van der Waals surface area contributed by atoms with E-state index >= 15 is 0 Å². The van der Waals surface area contributed by atoms with E-state index in [0.717, 1.165) is 48.5 Å². The Kier molecular flexibility index (Phi) is 4.65. The number of benzene rings is 3. The van der Waals surface area contributed by atoms with Crippen LogP contribution in [0.1, 0.15) is 16.7 Å². The van der Waals surface area contributed by atoms with Crippen LogP contribution in [0.25, 0.3) is 10.9 Å². The van der Waals surface area contributed by atoms with Gasteiger partial charge in [0.15, 0.2) is 0 Å². The maximum absolute atomic E-state index is 6.20. The fraction of sp³-hybridized carbons (Fsp3) is 0.192. The van der Waals surface area contributed by atoms with Crippen LogP contribution < -0.4 is 9.64 Å². The van der Waals surface area contributed by atoms with E-state index in [4.69, 9.17) is 9.72 Å². The number of ether oxygens (including phenoxy) is 1. The molecule has 0 bridgehead atoms. The van der Waals surface area contributed by atoms with E-state index in [1.54, 1.807) is 0 Å². The number of nitrogens with zero attached hydrogens (tertiary/aromatic N) is 2. The van der Waals surface area contributed by atoms with Crippen LogP contribution in [0.2, 0.25) is 0 Å². The van der Waals surface area contributed by atoms with Gasteiger partial charge in [-0.3, -0.25) is 4.98 Å². The summed E-state index contributed by atoms with van der Waals surface area (Å²) in [5.74, 6) is 1.75. The molecule has 0 saturated carbocycles. The summed E-state index contributed by atoms with van der Waals surface area (Å²) < 4.78 is 6.20. The molecule has 29 heavy (non-hydrogen) atoms. The maximum atomic E-state index is 6.20. The maximum Gasteiger partial charge on any atom is 0.131 e. The van der Waals surface area contributed by atoms with Crippen LogP contribution in [-0.2, 0) is 12.8 Å². The van der Waals surface area contributed by atoms with Crippen molar-refractivity contribution in [2.75, 3.05) is 18.0 Å². The lowest BCUT2D eigenvalue weighted by Gasteiger charge is -2.21. The van der Waals surface area contributed by atoms with Crippen molar-refractivity contribution in [3.05, 3.63) is 95.7 Å². The van der Waals surface area contributed by atoms with Gasteiger partial charge in [-0.25, -0.2) is 0 Å². The number of hydrogen-bond acceptors (Lipinski definition) is 3. The Hall–Kier alpha value is -3.33. The number of fused-ring (bicyclic) bond motifs is 3. The predicted molar refractivity (Wildman–Crippen MR) is 119 cm³/mol. The van der Waals surface area contributed by atoms with Gasteiger partial charge in [0, 0.05) is 24.7 Å². The molecule has 1 aromatic heterocycles. The topological polar surface area (TPSA) is 25.4 Å². The second-order valence-corrected chi connectivity index (χ2v) is 7.65. The first-order chi connectivity index (χ1) is 14.3. The van der Waals surface area contributed by atoms with Gasteiger partial charge in [-0.2, -0.15) is 0 Å². The van der Waals surface area contributed by atoms with Crippen molar-refractivity contribution in [3.8, 4) is 11.5 Å². The van der Waals surface area contributed by atoms with Gasteiger partial charge in [0.1, 0.15) is 11.5 Å². The third-order valence-corrected chi connectivity index (χ3v) is 5.66. The summed E-state index contributed by atoms with van der Waals surface area (Å²) in [4.78, 5) is 7.24. The van der Waals surface area contributed by atoms with E-state index in [2.05, 4.69) is 60.5 Å². The van der Waals surface area contributed by atoms with E-state index in [0.29, 0.717) is 0 Å². The summed E-state index contributed by atoms with van der Waals surface area (Å²) in [6.07, 6.45) is 4.15. The molecule has 3 aromatic carbocycles. The van der Waals surface area contributed by atoms with Crippen LogP contribution in [0.5, 0.6) is 11.5 Å². The molecule has 4 aromatic rings. The molecule has 0 unspecified atom stereocenters. The van der Waals surface area contributed by atoms with Gasteiger partial charge in [0.25, 0.3) is 0 Å². The molecule has 0 amide bonds. The number of aromatic nitrogens is 1. The molecule has 0 fully saturated rings. The molecule has 0 radical (unpaired) electrons. The molecule has 5 rings (SSSR count). The summed E-state index contributed by atoms with van der Waals surface area (Å²) >= 11 is 0. The lowest BCUT2D eigenvalue weighted by molar-refractivity contribution is 0.479. The molecule has 144 valence electrons. The standard InChI is InChI=1S/C26H24N2O/c1-19-16-24-23(17-25(19)29-22-10-6-3-7-11-22)26-21(18-27-24)13-15-28(26)14-12-20-8-4-2-5-9-20/h2-11,16-18H,12-15H2,1H3. The van der Waals surface area contributed by atoms with Crippen molar-refractivity contribution in [1.82, 2.24) is 4.98 Å². The number of pyridine rings is 1. The van der Waals surface area contributed by atoms with Gasteiger partial charge >= 0.3 is 0 Å². The second kappa shape index (κ2) is 7.59. The Morgan fingerprint density at radius 3 is 2.52 bits per heavy atom. The highest BCUT2D eigenvalue weighted by atomic mass is 16.5. The minimum absolute atomic E-state index is 0.858. The van der Waals surface area contributed by atoms with Crippen LogP contribution in [0.15, 0.2) is 79.0 Å². The predicted octanol–water partition coefficient (Wildman–Crippen LogP) is 5.94. The molecule has 3 nitrogen and oxygen atoms in total. The molecule has 0 N–H and O–H groups in total. The third-order valence-electron chi connectivity index (χ3n) is 5.66. The first kappa shape index (κ1) is 17.7. The van der Waals surface area contributed by atoms with Crippen molar-refractivity contribution in [3.63, 3.8) is 0 Å². The van der Waals surface area contributed by atoms with Gasteiger partial charge in [0.2, 0.25) is 0 Å². The smallest absolute Gasteiger partial charge is 0.131 e. The lowest BCUT2D eigenvalue weighted by Crippen LogP contribution is -2.23. The molecule has 1 aliphatic rings. The van der Waals surface area contributed by atoms with E-state index in [-0.39, 0.29) is 0 Å². The third kappa shape index (κ3) is 3.56. The fourth-order valence-corrected chi connectivity index (χ4v) is 4.13. The summed E-state index contributed by atoms with van der Waals surface area (Å²) in [6, 6.07) is 25.0. The van der Waals surface area contributed by atoms with Gasteiger partial charge in [0.05, 0.1) is 11.2 Å². The first-order valence-electron chi connectivity index (χ1n) is 10.2. The SMILES string of the molecule is Cc1cc2ncc3c(c2cc1Oc1ccccc1)N(CCc1ccccc1)CC3. The minimum atomic E-state index is 0.858. The summed E-state index contributed by atoms with van der Waals surface area (Å²) in [7, 11) is 0. The van der Waals surface area contributed by atoms with E-state index < -0.39 is 0 Å². The van der Waals surface area contributed by atoms with Crippen LogP contribution in [-0.4, -0.2) is 18.1 Å². The molecule has 0 atom stereocenters. The zero-order valence-electron chi connectivity index (χ0n) is 16.6. The first-order valence-corrected chi connectivity index (χ1v) is 10.2. The van der Waals surface area contributed by atoms with Crippen molar-refractivity contribution in [2.45, 2.75) is 19.8 Å². The fourth-order valence-electron chi connectivity index (χ4n) is 4.13. The summed E-state index contributed by atoms with van der Waals surface area (Å²) in [5, 5.41) is 1.18. The number of rotatable bonds is 5. The van der Waals surface area contributed by atoms with E-state index in [1.807, 2.05) is 30.3 Å². The van der Waals surface area contributed by atoms with Crippen LogP contribution in [0.3, 0.4) is 0 Å². The number of anilines is 1. The number of aryl methyl sites for hydroxylation is 1. The number of hydrogen-bond donors (Lipinski definition) is 0. The van der Waals surface area contributed by atoms with Crippen LogP contribution >= 0.6 is 0 Å². The van der Waals surface area contributed by atoms with Crippen molar-refractivity contribution in [1.29, 1.82) is 0 Å². The van der Waals surface area contributed by atoms with E-state index in [9.17, 15) is 0 Å². The van der Waals surface area contributed by atoms with Crippen molar-refractivity contribution < 1.29 is 4.74 Å². The molecular weight excluding hydrogens is 356 g/mol. The Morgan fingerprint density at radius 1 is 0.966 bits per heavy atom. The monoisotopic (exact) mass is 380 g/mol. The zero-order valence-corrected chi connectivity index (χ0v) is 16.6. The normalized spacial score (nSPS) is 12.9. The van der Waals surface area contributed by atoms with Crippen LogP contribution in [0, 0.1) is 6.92 Å². The lowest BCUT2D eigenvalue weighted by atomic mass is 10.1. The molecule has 1 aliphatic heterocycles. The Bertz CT molecular complexity index is 1140. The highest BCUT2D eigenvalue weighted by Gasteiger charge is 2.23. The van der Waals surface area contributed by atoms with Crippen LogP contribution in [0.4, 0.5) is 5.69 Å². The largest absolute Gasteiger partial charge is 0.457 e. The zero-order chi connectivity index (χ0) is 19.6. The van der Waals surface area contributed by atoms with Gasteiger partial charge in [-0.1, -0.05) is 48.5 Å². The molecular formula is C26H24N2O. The number of para-hydroxylation sites is 1. The Labute approximate surface area is 171 Å². The van der Waals surface area contributed by atoms with E-state index in [1.165, 1.54) is 22.2 Å². The second-order valence-electron chi connectivity index (χ2n) is 7.65. The highest BCUT2D eigenvalue weighted by Crippen LogP contribution is 2.38. The van der Waals surface area contributed by atoms with Crippen molar-refractivity contribution in [2.24, 2.45) is 0 Å². The van der Waals surface area contributed by atoms with Gasteiger partial charge in [-0.15, -0.1) is 0 Å². The summed E-state index contributed by atoms with van der Waals surface area (Å²) in [5.41, 5.74) is 6.17. The average Bonchev–Trinajstić information content (AvgIpc) is 3.18. The average molecular weight is 380 g/mol.